The number of rotatable bonds is 3. The number of hydrogen-bond donors (Lipinski definition) is 0. The van der Waals surface area contributed by atoms with Gasteiger partial charge in [0.05, 0.1) is 11.6 Å². The summed E-state index contributed by atoms with van der Waals surface area (Å²) in [6.07, 6.45) is 0. The third-order valence-corrected chi connectivity index (χ3v) is 3.49. The molecule has 1 amide bonds. The molecule has 0 bridgehead atoms. The van der Waals surface area contributed by atoms with E-state index in [4.69, 9.17) is 5.26 Å². The monoisotopic (exact) mass is 298 g/mol. The standard InChI is InChI=1S/C20H14N2O/c21-15-16-11-13-19(14-12-16)22(18-9-5-2-6-10-18)20(23)17-7-3-1-4-8-17/h1-14H. The van der Waals surface area contributed by atoms with Gasteiger partial charge in [0.2, 0.25) is 0 Å². The second-order valence-corrected chi connectivity index (χ2v) is 5.00. The van der Waals surface area contributed by atoms with Crippen LogP contribution in [0.1, 0.15) is 15.9 Å². The van der Waals surface area contributed by atoms with Gasteiger partial charge in [0, 0.05) is 16.9 Å². The quantitative estimate of drug-likeness (QED) is 0.712. The Balaban J connectivity index is 2.07. The zero-order valence-electron chi connectivity index (χ0n) is 12.4. The molecular formula is C20H14N2O. The molecule has 0 atom stereocenters. The number of anilines is 2. The number of benzene rings is 3. The number of carbonyl (C=O) groups excluding carboxylic acids is 1. The molecule has 0 spiro atoms. The summed E-state index contributed by atoms with van der Waals surface area (Å²) in [6.45, 7) is 0. The molecule has 3 rings (SSSR count). The zero-order valence-corrected chi connectivity index (χ0v) is 12.4. The normalized spacial score (nSPS) is 9.87. The van der Waals surface area contributed by atoms with Crippen LogP contribution in [0.2, 0.25) is 0 Å². The summed E-state index contributed by atoms with van der Waals surface area (Å²) in [5.41, 5.74) is 2.68. The van der Waals surface area contributed by atoms with Crippen molar-refractivity contribution in [1.82, 2.24) is 0 Å². The SMILES string of the molecule is N#Cc1ccc(N(C(=O)c2ccccc2)c2ccccc2)cc1. The molecule has 3 aromatic rings. The minimum atomic E-state index is -0.110. The lowest BCUT2D eigenvalue weighted by Gasteiger charge is -2.23. The Morgan fingerprint density at radius 3 is 1.83 bits per heavy atom. The Morgan fingerprint density at radius 2 is 1.26 bits per heavy atom. The maximum absolute atomic E-state index is 13.0. The van der Waals surface area contributed by atoms with Crippen molar-refractivity contribution in [1.29, 1.82) is 5.26 Å². The number of para-hydroxylation sites is 1. The molecule has 0 aliphatic carbocycles. The van der Waals surface area contributed by atoms with E-state index in [1.54, 1.807) is 41.3 Å². The van der Waals surface area contributed by atoms with E-state index in [1.807, 2.05) is 48.5 Å². The van der Waals surface area contributed by atoms with Crippen molar-refractivity contribution >= 4 is 17.3 Å². The number of amides is 1. The van der Waals surface area contributed by atoms with Gasteiger partial charge in [0.15, 0.2) is 0 Å². The minimum absolute atomic E-state index is 0.110. The van der Waals surface area contributed by atoms with Gasteiger partial charge in [0.25, 0.3) is 5.91 Å². The van der Waals surface area contributed by atoms with Crippen LogP contribution in [0.25, 0.3) is 0 Å². The highest BCUT2D eigenvalue weighted by atomic mass is 16.2. The highest BCUT2D eigenvalue weighted by Gasteiger charge is 2.19. The van der Waals surface area contributed by atoms with Gasteiger partial charge in [-0.1, -0.05) is 36.4 Å². The van der Waals surface area contributed by atoms with Gasteiger partial charge in [-0.25, -0.2) is 0 Å². The molecule has 3 aromatic carbocycles. The van der Waals surface area contributed by atoms with E-state index in [9.17, 15) is 4.79 Å². The number of hydrogen-bond acceptors (Lipinski definition) is 2. The smallest absolute Gasteiger partial charge is 0.262 e. The molecule has 0 N–H and O–H groups in total. The molecule has 110 valence electrons. The highest BCUT2D eigenvalue weighted by molar-refractivity contribution is 6.10. The van der Waals surface area contributed by atoms with Gasteiger partial charge in [-0.2, -0.15) is 5.26 Å². The van der Waals surface area contributed by atoms with Crippen LogP contribution in [-0.2, 0) is 0 Å². The first kappa shape index (κ1) is 14.6. The largest absolute Gasteiger partial charge is 0.277 e. The Kier molecular flexibility index (Phi) is 4.17. The second kappa shape index (κ2) is 6.59. The first-order chi connectivity index (χ1) is 11.3. The van der Waals surface area contributed by atoms with Gasteiger partial charge < -0.3 is 0 Å². The average Bonchev–Trinajstić information content (AvgIpc) is 2.64. The van der Waals surface area contributed by atoms with Crippen molar-refractivity contribution in [2.75, 3.05) is 4.90 Å². The summed E-state index contributed by atoms with van der Waals surface area (Å²) in [5.74, 6) is -0.110. The van der Waals surface area contributed by atoms with E-state index < -0.39 is 0 Å². The van der Waals surface area contributed by atoms with E-state index >= 15 is 0 Å². The van der Waals surface area contributed by atoms with E-state index in [-0.39, 0.29) is 5.91 Å². The molecule has 3 heteroatoms. The topological polar surface area (TPSA) is 44.1 Å². The zero-order chi connectivity index (χ0) is 16.1. The Hall–Kier alpha value is -3.38. The molecule has 3 nitrogen and oxygen atoms in total. The first-order valence-corrected chi connectivity index (χ1v) is 7.24. The summed E-state index contributed by atoms with van der Waals surface area (Å²) in [7, 11) is 0. The van der Waals surface area contributed by atoms with E-state index in [1.165, 1.54) is 0 Å². The van der Waals surface area contributed by atoms with E-state index in [0.717, 1.165) is 11.4 Å². The summed E-state index contributed by atoms with van der Waals surface area (Å²) < 4.78 is 0. The van der Waals surface area contributed by atoms with Crippen LogP contribution in [0.3, 0.4) is 0 Å². The molecule has 0 fully saturated rings. The maximum Gasteiger partial charge on any atom is 0.262 e. The molecule has 0 saturated heterocycles. The van der Waals surface area contributed by atoms with Gasteiger partial charge >= 0.3 is 0 Å². The van der Waals surface area contributed by atoms with Crippen LogP contribution >= 0.6 is 0 Å². The van der Waals surface area contributed by atoms with E-state index in [2.05, 4.69) is 6.07 Å². The van der Waals surface area contributed by atoms with Crippen LogP contribution in [0.15, 0.2) is 84.9 Å². The second-order valence-electron chi connectivity index (χ2n) is 5.00. The molecule has 0 heterocycles. The fourth-order valence-corrected chi connectivity index (χ4v) is 2.36. The van der Waals surface area contributed by atoms with Gasteiger partial charge in [-0.05, 0) is 48.5 Å². The fraction of sp³-hybridized carbons (Fsp3) is 0. The minimum Gasteiger partial charge on any atom is -0.277 e. The first-order valence-electron chi connectivity index (χ1n) is 7.24. The van der Waals surface area contributed by atoms with Crippen molar-refractivity contribution in [3.05, 3.63) is 96.1 Å². The molecule has 0 radical (unpaired) electrons. The lowest BCUT2D eigenvalue weighted by atomic mass is 10.1. The maximum atomic E-state index is 13.0. The van der Waals surface area contributed by atoms with Crippen molar-refractivity contribution in [3.8, 4) is 6.07 Å². The Labute approximate surface area is 135 Å². The summed E-state index contributed by atoms with van der Waals surface area (Å²) >= 11 is 0. The Morgan fingerprint density at radius 1 is 0.739 bits per heavy atom. The van der Waals surface area contributed by atoms with Crippen molar-refractivity contribution < 1.29 is 4.79 Å². The third-order valence-electron chi connectivity index (χ3n) is 3.49. The highest BCUT2D eigenvalue weighted by Crippen LogP contribution is 2.27. The fourth-order valence-electron chi connectivity index (χ4n) is 2.36. The number of carbonyl (C=O) groups is 1. The van der Waals surface area contributed by atoms with Crippen molar-refractivity contribution in [3.63, 3.8) is 0 Å². The molecule has 0 unspecified atom stereocenters. The van der Waals surface area contributed by atoms with Crippen LogP contribution in [-0.4, -0.2) is 5.91 Å². The van der Waals surface area contributed by atoms with Crippen molar-refractivity contribution in [2.24, 2.45) is 0 Å². The van der Waals surface area contributed by atoms with Crippen molar-refractivity contribution in [2.45, 2.75) is 0 Å². The van der Waals surface area contributed by atoms with E-state index in [0.29, 0.717) is 11.1 Å². The number of nitriles is 1. The van der Waals surface area contributed by atoms with Crippen LogP contribution in [0.4, 0.5) is 11.4 Å². The lowest BCUT2D eigenvalue weighted by molar-refractivity contribution is 0.0999. The van der Waals surface area contributed by atoms with Crippen LogP contribution < -0.4 is 4.90 Å². The molecule has 0 aliphatic rings. The predicted octanol–water partition coefficient (Wildman–Crippen LogP) is 4.54. The summed E-state index contributed by atoms with van der Waals surface area (Å²) in [4.78, 5) is 14.6. The lowest BCUT2D eigenvalue weighted by Crippen LogP contribution is -2.25. The number of nitrogens with zero attached hydrogens (tertiary/aromatic N) is 2. The Bertz CT molecular complexity index is 834. The van der Waals surface area contributed by atoms with Gasteiger partial charge in [0.1, 0.15) is 0 Å². The molecular weight excluding hydrogens is 284 g/mol. The summed E-state index contributed by atoms with van der Waals surface area (Å²) in [6, 6.07) is 27.7. The molecule has 23 heavy (non-hydrogen) atoms. The summed E-state index contributed by atoms with van der Waals surface area (Å²) in [5, 5.41) is 8.94. The third kappa shape index (κ3) is 3.12. The molecule has 0 saturated carbocycles. The van der Waals surface area contributed by atoms with Crippen LogP contribution in [0, 0.1) is 11.3 Å². The predicted molar refractivity (Wildman–Crippen MR) is 90.5 cm³/mol. The van der Waals surface area contributed by atoms with Crippen LogP contribution in [0.5, 0.6) is 0 Å². The molecule has 0 aliphatic heterocycles. The van der Waals surface area contributed by atoms with Gasteiger partial charge in [-0.3, -0.25) is 9.69 Å². The van der Waals surface area contributed by atoms with Gasteiger partial charge in [-0.15, -0.1) is 0 Å². The average molecular weight is 298 g/mol. The molecule has 0 aromatic heterocycles.